The number of rotatable bonds is 6. The number of nitriles is 1. The largest absolute Gasteiger partial charge is 0.391 e. The first-order valence-electron chi connectivity index (χ1n) is 7.13. The highest BCUT2D eigenvalue weighted by Crippen LogP contribution is 2.19. The number of aromatic nitrogens is 1. The monoisotopic (exact) mass is 330 g/mol. The van der Waals surface area contributed by atoms with Gasteiger partial charge in [-0.05, 0) is 38.1 Å². The fourth-order valence-corrected chi connectivity index (χ4v) is 2.68. The van der Waals surface area contributed by atoms with Gasteiger partial charge in [0.15, 0.2) is 0 Å². The Hall–Kier alpha value is -2.43. The molecule has 0 aliphatic carbocycles. The van der Waals surface area contributed by atoms with Gasteiger partial charge in [-0.15, -0.1) is 11.3 Å². The molecule has 3 N–H and O–H groups in total. The lowest BCUT2D eigenvalue weighted by Gasteiger charge is -2.20. The minimum absolute atomic E-state index is 0.0677. The van der Waals surface area contributed by atoms with Crippen LogP contribution in [0.2, 0.25) is 0 Å². The number of anilines is 1. The molecule has 0 bridgehead atoms. The fraction of sp³-hybridized carbons (Fsp3) is 0.312. The van der Waals surface area contributed by atoms with Crippen LogP contribution < -0.4 is 10.6 Å². The summed E-state index contributed by atoms with van der Waals surface area (Å²) in [5.41, 5.74) is 1.97. The average Bonchev–Trinajstić information content (AvgIpc) is 2.97. The van der Waals surface area contributed by atoms with Crippen molar-refractivity contribution in [1.82, 2.24) is 10.3 Å². The van der Waals surface area contributed by atoms with Gasteiger partial charge in [0.05, 0.1) is 41.0 Å². The van der Waals surface area contributed by atoms with Crippen LogP contribution in [0.4, 0.5) is 5.69 Å². The number of carbonyl (C=O) groups excluding carboxylic acids is 1. The van der Waals surface area contributed by atoms with Crippen molar-refractivity contribution in [1.29, 1.82) is 5.26 Å². The van der Waals surface area contributed by atoms with Crippen molar-refractivity contribution in [2.24, 2.45) is 0 Å². The van der Waals surface area contributed by atoms with Crippen LogP contribution in [0, 0.1) is 18.3 Å². The summed E-state index contributed by atoms with van der Waals surface area (Å²) in [6, 6.07) is 8.34. The number of aliphatic hydroxyl groups is 1. The molecular formula is C16H18N4O2S. The summed E-state index contributed by atoms with van der Waals surface area (Å²) in [6.45, 7) is 3.56. The number of aryl methyl sites for hydroxylation is 1. The first kappa shape index (κ1) is 16.9. The summed E-state index contributed by atoms with van der Waals surface area (Å²) in [5.74, 6) is -0.245. The van der Waals surface area contributed by atoms with Crippen molar-refractivity contribution in [3.05, 3.63) is 45.9 Å². The lowest BCUT2D eigenvalue weighted by molar-refractivity contribution is -0.121. The zero-order valence-corrected chi connectivity index (χ0v) is 13.7. The van der Waals surface area contributed by atoms with Crippen molar-refractivity contribution in [2.75, 3.05) is 11.9 Å². The summed E-state index contributed by atoms with van der Waals surface area (Å²) in [7, 11) is 0. The number of aliphatic hydroxyl groups excluding tert-OH is 1. The zero-order valence-electron chi connectivity index (χ0n) is 12.9. The molecule has 120 valence electrons. The predicted octanol–water partition coefficient (Wildman–Crippen LogP) is 1.97. The average molecular weight is 330 g/mol. The second-order valence-electron chi connectivity index (χ2n) is 5.12. The van der Waals surface area contributed by atoms with Crippen molar-refractivity contribution >= 4 is 22.9 Å². The maximum absolute atomic E-state index is 12.1. The molecule has 1 amide bonds. The Morgan fingerprint density at radius 2 is 2.13 bits per heavy atom. The Morgan fingerprint density at radius 1 is 1.43 bits per heavy atom. The molecule has 0 aliphatic rings. The van der Waals surface area contributed by atoms with Crippen LogP contribution in [-0.4, -0.2) is 28.6 Å². The molecule has 2 atom stereocenters. The highest BCUT2D eigenvalue weighted by atomic mass is 32.1. The molecule has 23 heavy (non-hydrogen) atoms. The van der Waals surface area contributed by atoms with Crippen molar-refractivity contribution < 1.29 is 9.90 Å². The molecule has 0 radical (unpaired) electrons. The molecule has 0 spiro atoms. The van der Waals surface area contributed by atoms with Crippen LogP contribution in [0.3, 0.4) is 0 Å². The van der Waals surface area contributed by atoms with Crippen LogP contribution in [-0.2, 0) is 4.79 Å². The van der Waals surface area contributed by atoms with Crippen LogP contribution in [0.1, 0.15) is 29.2 Å². The number of nitrogens with zero attached hydrogens (tertiary/aromatic N) is 2. The lowest BCUT2D eigenvalue weighted by Crippen LogP contribution is -2.38. The summed E-state index contributed by atoms with van der Waals surface area (Å²) < 4.78 is 0. The number of nitrogens with one attached hydrogen (secondary N) is 2. The van der Waals surface area contributed by atoms with E-state index in [2.05, 4.69) is 15.6 Å². The summed E-state index contributed by atoms with van der Waals surface area (Å²) in [4.78, 5) is 16.4. The maximum Gasteiger partial charge on any atom is 0.239 e. The third-order valence-corrected chi connectivity index (χ3v) is 4.01. The van der Waals surface area contributed by atoms with Gasteiger partial charge in [0, 0.05) is 11.1 Å². The minimum Gasteiger partial charge on any atom is -0.391 e. The smallest absolute Gasteiger partial charge is 0.239 e. The Bertz CT molecular complexity index is 704. The van der Waals surface area contributed by atoms with E-state index in [9.17, 15) is 9.90 Å². The maximum atomic E-state index is 12.1. The van der Waals surface area contributed by atoms with Gasteiger partial charge in [-0.2, -0.15) is 5.26 Å². The highest BCUT2D eigenvalue weighted by Gasteiger charge is 2.21. The molecule has 1 aromatic heterocycles. The second-order valence-corrected chi connectivity index (χ2v) is 6.18. The van der Waals surface area contributed by atoms with E-state index in [0.29, 0.717) is 11.3 Å². The van der Waals surface area contributed by atoms with E-state index in [1.54, 1.807) is 31.2 Å². The molecule has 6 nitrogen and oxygen atoms in total. The number of hydrogen-bond donors (Lipinski definition) is 3. The van der Waals surface area contributed by atoms with Gasteiger partial charge in [0.2, 0.25) is 5.91 Å². The number of amides is 1. The Balaban J connectivity index is 1.92. The van der Waals surface area contributed by atoms with Gasteiger partial charge in [-0.1, -0.05) is 0 Å². The van der Waals surface area contributed by atoms with Crippen molar-refractivity contribution in [2.45, 2.75) is 26.0 Å². The molecule has 0 saturated heterocycles. The predicted molar refractivity (Wildman–Crippen MR) is 89.1 cm³/mol. The molecule has 2 aromatic rings. The van der Waals surface area contributed by atoms with Crippen LogP contribution in [0.15, 0.2) is 29.6 Å². The van der Waals surface area contributed by atoms with Gasteiger partial charge >= 0.3 is 0 Å². The van der Waals surface area contributed by atoms with Crippen LogP contribution in [0.25, 0.3) is 0 Å². The zero-order chi connectivity index (χ0) is 16.8. The fourth-order valence-electron chi connectivity index (χ4n) is 2.03. The summed E-state index contributed by atoms with van der Waals surface area (Å²) in [6.07, 6.45) is -0.740. The third kappa shape index (κ3) is 4.77. The van der Waals surface area contributed by atoms with E-state index < -0.39 is 12.1 Å². The molecule has 0 saturated carbocycles. The topological polar surface area (TPSA) is 98.0 Å². The van der Waals surface area contributed by atoms with E-state index in [-0.39, 0.29) is 12.5 Å². The first-order valence-corrected chi connectivity index (χ1v) is 8.01. The van der Waals surface area contributed by atoms with Gasteiger partial charge in [0.25, 0.3) is 0 Å². The molecule has 1 heterocycles. The van der Waals surface area contributed by atoms with Crippen molar-refractivity contribution in [3.63, 3.8) is 0 Å². The third-order valence-electron chi connectivity index (χ3n) is 3.22. The summed E-state index contributed by atoms with van der Waals surface area (Å²) in [5, 5.41) is 27.1. The molecule has 2 rings (SSSR count). The quantitative estimate of drug-likeness (QED) is 0.752. The van der Waals surface area contributed by atoms with Gasteiger partial charge in [-0.25, -0.2) is 4.98 Å². The normalized spacial score (nSPS) is 13.0. The number of benzene rings is 1. The summed E-state index contributed by atoms with van der Waals surface area (Å²) >= 11 is 1.48. The van der Waals surface area contributed by atoms with Crippen molar-refractivity contribution in [3.8, 4) is 6.07 Å². The molecular weight excluding hydrogens is 312 g/mol. The van der Waals surface area contributed by atoms with Gasteiger partial charge in [0.1, 0.15) is 0 Å². The second kappa shape index (κ2) is 7.72. The van der Waals surface area contributed by atoms with E-state index in [4.69, 9.17) is 5.26 Å². The van der Waals surface area contributed by atoms with E-state index in [1.807, 2.05) is 18.4 Å². The Kier molecular flexibility index (Phi) is 5.68. The van der Waals surface area contributed by atoms with E-state index >= 15 is 0 Å². The number of carbonyl (C=O) groups is 1. The SMILES string of the molecule is Cc1nc(C(NC(=O)CNc2ccc(C#N)cc2)C(C)O)cs1. The van der Waals surface area contributed by atoms with Gasteiger partial charge in [-0.3, -0.25) is 4.79 Å². The Morgan fingerprint density at radius 3 is 2.65 bits per heavy atom. The van der Waals surface area contributed by atoms with Crippen LogP contribution >= 0.6 is 11.3 Å². The van der Waals surface area contributed by atoms with Gasteiger partial charge < -0.3 is 15.7 Å². The minimum atomic E-state index is -0.740. The van der Waals surface area contributed by atoms with E-state index in [1.165, 1.54) is 11.3 Å². The molecule has 7 heteroatoms. The van der Waals surface area contributed by atoms with Crippen LogP contribution in [0.5, 0.6) is 0 Å². The standard InChI is InChI=1S/C16H18N4O2S/c1-10(21)16(14-9-23-11(2)19-14)20-15(22)8-18-13-5-3-12(7-17)4-6-13/h3-6,9-10,16,18,21H,8H2,1-2H3,(H,20,22). The molecule has 0 aliphatic heterocycles. The number of hydrogen-bond acceptors (Lipinski definition) is 6. The molecule has 1 aromatic carbocycles. The molecule has 2 unspecified atom stereocenters. The lowest BCUT2D eigenvalue weighted by atomic mass is 10.1. The Labute approximate surface area is 138 Å². The first-order chi connectivity index (χ1) is 11.0. The van der Waals surface area contributed by atoms with E-state index in [0.717, 1.165) is 10.7 Å². The highest BCUT2D eigenvalue weighted by molar-refractivity contribution is 7.09. The molecule has 0 fully saturated rings. The number of thiazole rings is 1.